The van der Waals surface area contributed by atoms with E-state index in [0.29, 0.717) is 23.8 Å². The first-order valence-electron chi connectivity index (χ1n) is 8.37. The number of methoxy groups -OCH3 is 2. The second-order valence-corrected chi connectivity index (χ2v) is 6.06. The lowest BCUT2D eigenvalue weighted by atomic mass is 10.0. The molecular formula is C20H23NO4. The zero-order chi connectivity index (χ0) is 17.8. The molecule has 132 valence electrons. The fourth-order valence-electron chi connectivity index (χ4n) is 3.16. The molecule has 1 aliphatic rings. The van der Waals surface area contributed by atoms with Crippen molar-refractivity contribution in [1.82, 2.24) is 0 Å². The van der Waals surface area contributed by atoms with Gasteiger partial charge >= 0.3 is 0 Å². The number of amides is 1. The lowest BCUT2D eigenvalue weighted by Gasteiger charge is -2.29. The zero-order valence-corrected chi connectivity index (χ0v) is 14.9. The Morgan fingerprint density at radius 3 is 2.48 bits per heavy atom. The minimum Gasteiger partial charge on any atom is -0.493 e. The number of para-hydroxylation sites is 1. The van der Waals surface area contributed by atoms with Crippen LogP contribution in [0, 0.1) is 6.92 Å². The standard InChI is InChI=1S/C20H23NO4/c1-14-11-17(23-2)20(18(12-14)24-3)25-13-19(22)21-10-6-8-15-7-4-5-9-16(15)21/h4-5,7,9,11-12H,6,8,10,13H2,1-3H3. The Morgan fingerprint density at radius 1 is 1.12 bits per heavy atom. The Labute approximate surface area is 148 Å². The Kier molecular flexibility index (Phi) is 5.12. The highest BCUT2D eigenvalue weighted by atomic mass is 16.5. The Hall–Kier alpha value is -2.69. The quantitative estimate of drug-likeness (QED) is 0.837. The van der Waals surface area contributed by atoms with E-state index in [0.717, 1.165) is 24.1 Å². The molecule has 0 saturated heterocycles. The van der Waals surface area contributed by atoms with Gasteiger partial charge in [0, 0.05) is 12.2 Å². The summed E-state index contributed by atoms with van der Waals surface area (Å²) < 4.78 is 16.5. The van der Waals surface area contributed by atoms with E-state index >= 15 is 0 Å². The fraction of sp³-hybridized carbons (Fsp3) is 0.350. The van der Waals surface area contributed by atoms with Crippen molar-refractivity contribution in [3.05, 3.63) is 47.5 Å². The van der Waals surface area contributed by atoms with Crippen LogP contribution in [0.3, 0.4) is 0 Å². The van der Waals surface area contributed by atoms with Crippen molar-refractivity contribution in [2.75, 3.05) is 32.3 Å². The molecule has 1 heterocycles. The van der Waals surface area contributed by atoms with Crippen molar-refractivity contribution in [2.24, 2.45) is 0 Å². The van der Waals surface area contributed by atoms with Crippen LogP contribution in [0.1, 0.15) is 17.5 Å². The molecule has 1 amide bonds. The molecule has 0 bridgehead atoms. The van der Waals surface area contributed by atoms with E-state index in [1.54, 1.807) is 19.1 Å². The maximum absolute atomic E-state index is 12.7. The molecule has 0 spiro atoms. The van der Waals surface area contributed by atoms with Gasteiger partial charge in [0.2, 0.25) is 5.75 Å². The second-order valence-electron chi connectivity index (χ2n) is 6.06. The first-order chi connectivity index (χ1) is 12.1. The van der Waals surface area contributed by atoms with E-state index < -0.39 is 0 Å². The summed E-state index contributed by atoms with van der Waals surface area (Å²) in [5, 5.41) is 0. The van der Waals surface area contributed by atoms with Crippen LogP contribution in [0.5, 0.6) is 17.2 Å². The maximum Gasteiger partial charge on any atom is 0.264 e. The SMILES string of the molecule is COc1cc(C)cc(OC)c1OCC(=O)N1CCCc2ccccc21. The Balaban J connectivity index is 1.78. The van der Waals surface area contributed by atoms with Crippen LogP contribution in [0.15, 0.2) is 36.4 Å². The van der Waals surface area contributed by atoms with Crippen LogP contribution in [0.25, 0.3) is 0 Å². The summed E-state index contributed by atoms with van der Waals surface area (Å²) in [6, 6.07) is 11.7. The van der Waals surface area contributed by atoms with Crippen LogP contribution >= 0.6 is 0 Å². The summed E-state index contributed by atoms with van der Waals surface area (Å²) >= 11 is 0. The highest BCUT2D eigenvalue weighted by Gasteiger charge is 2.23. The third kappa shape index (κ3) is 3.55. The molecule has 0 aliphatic carbocycles. The number of rotatable bonds is 5. The van der Waals surface area contributed by atoms with Crippen molar-refractivity contribution in [1.29, 1.82) is 0 Å². The predicted octanol–water partition coefficient (Wildman–Crippen LogP) is 3.37. The number of benzene rings is 2. The molecule has 5 nitrogen and oxygen atoms in total. The van der Waals surface area contributed by atoms with Crippen LogP contribution in [0.4, 0.5) is 5.69 Å². The molecule has 0 fully saturated rings. The predicted molar refractivity (Wildman–Crippen MR) is 96.9 cm³/mol. The van der Waals surface area contributed by atoms with E-state index in [9.17, 15) is 4.79 Å². The average Bonchev–Trinajstić information content (AvgIpc) is 2.65. The van der Waals surface area contributed by atoms with Crippen molar-refractivity contribution in [3.63, 3.8) is 0 Å². The molecule has 5 heteroatoms. The topological polar surface area (TPSA) is 48.0 Å². The summed E-state index contributed by atoms with van der Waals surface area (Å²) in [5.74, 6) is 1.50. The normalized spacial score (nSPS) is 13.2. The number of carbonyl (C=O) groups excluding carboxylic acids is 1. The molecule has 25 heavy (non-hydrogen) atoms. The third-order valence-electron chi connectivity index (χ3n) is 4.36. The van der Waals surface area contributed by atoms with E-state index in [2.05, 4.69) is 6.07 Å². The van der Waals surface area contributed by atoms with Crippen molar-refractivity contribution in [3.8, 4) is 17.2 Å². The highest BCUT2D eigenvalue weighted by Crippen LogP contribution is 2.38. The fourth-order valence-corrected chi connectivity index (χ4v) is 3.16. The van der Waals surface area contributed by atoms with Crippen molar-refractivity contribution in [2.45, 2.75) is 19.8 Å². The third-order valence-corrected chi connectivity index (χ3v) is 4.36. The summed E-state index contributed by atoms with van der Waals surface area (Å²) in [6.07, 6.45) is 1.96. The van der Waals surface area contributed by atoms with Gasteiger partial charge in [0.1, 0.15) is 0 Å². The molecule has 0 radical (unpaired) electrons. The van der Waals surface area contributed by atoms with Gasteiger partial charge in [-0.25, -0.2) is 0 Å². The minimum atomic E-state index is -0.0724. The van der Waals surface area contributed by atoms with Gasteiger partial charge in [0.05, 0.1) is 14.2 Å². The van der Waals surface area contributed by atoms with Gasteiger partial charge in [-0.05, 0) is 49.1 Å². The Bertz CT molecular complexity index is 747. The number of ether oxygens (including phenoxy) is 3. The summed E-state index contributed by atoms with van der Waals surface area (Å²) in [7, 11) is 3.15. The second kappa shape index (κ2) is 7.47. The van der Waals surface area contributed by atoms with Gasteiger partial charge in [-0.1, -0.05) is 18.2 Å². The van der Waals surface area contributed by atoms with E-state index in [4.69, 9.17) is 14.2 Å². The number of nitrogens with zero attached hydrogens (tertiary/aromatic N) is 1. The number of hydrogen-bond acceptors (Lipinski definition) is 4. The number of aryl methyl sites for hydroxylation is 2. The molecule has 0 unspecified atom stereocenters. The van der Waals surface area contributed by atoms with Crippen LogP contribution in [-0.2, 0) is 11.2 Å². The van der Waals surface area contributed by atoms with Gasteiger partial charge in [0.15, 0.2) is 18.1 Å². The zero-order valence-electron chi connectivity index (χ0n) is 14.9. The monoisotopic (exact) mass is 341 g/mol. The van der Waals surface area contributed by atoms with Gasteiger partial charge in [0.25, 0.3) is 5.91 Å². The average molecular weight is 341 g/mol. The minimum absolute atomic E-state index is 0.0654. The Morgan fingerprint density at radius 2 is 1.80 bits per heavy atom. The number of fused-ring (bicyclic) bond motifs is 1. The van der Waals surface area contributed by atoms with Crippen LogP contribution in [-0.4, -0.2) is 33.3 Å². The first-order valence-corrected chi connectivity index (χ1v) is 8.37. The van der Waals surface area contributed by atoms with E-state index in [-0.39, 0.29) is 12.5 Å². The first kappa shape index (κ1) is 17.1. The number of anilines is 1. The van der Waals surface area contributed by atoms with Gasteiger partial charge in [-0.2, -0.15) is 0 Å². The molecule has 0 atom stereocenters. The highest BCUT2D eigenvalue weighted by molar-refractivity contribution is 5.95. The largest absolute Gasteiger partial charge is 0.493 e. The van der Waals surface area contributed by atoms with E-state index in [1.807, 2.05) is 37.3 Å². The van der Waals surface area contributed by atoms with Gasteiger partial charge in [-0.3, -0.25) is 4.79 Å². The maximum atomic E-state index is 12.7. The molecule has 3 rings (SSSR count). The molecule has 0 aromatic heterocycles. The number of hydrogen-bond donors (Lipinski definition) is 0. The van der Waals surface area contributed by atoms with Crippen molar-refractivity contribution >= 4 is 11.6 Å². The summed E-state index contributed by atoms with van der Waals surface area (Å²) in [5.41, 5.74) is 3.18. The molecule has 2 aromatic rings. The summed E-state index contributed by atoms with van der Waals surface area (Å²) in [6.45, 7) is 2.59. The van der Waals surface area contributed by atoms with E-state index in [1.165, 1.54) is 5.56 Å². The molecule has 0 saturated carbocycles. The number of carbonyl (C=O) groups is 1. The van der Waals surface area contributed by atoms with Gasteiger partial charge in [-0.15, -0.1) is 0 Å². The van der Waals surface area contributed by atoms with Crippen molar-refractivity contribution < 1.29 is 19.0 Å². The molecule has 2 aromatic carbocycles. The lowest BCUT2D eigenvalue weighted by Crippen LogP contribution is -2.38. The molecule has 0 N–H and O–H groups in total. The van der Waals surface area contributed by atoms with Crippen LogP contribution < -0.4 is 19.1 Å². The van der Waals surface area contributed by atoms with Crippen LogP contribution in [0.2, 0.25) is 0 Å². The molecular weight excluding hydrogens is 318 g/mol. The lowest BCUT2D eigenvalue weighted by molar-refractivity contribution is -0.120. The van der Waals surface area contributed by atoms with Gasteiger partial charge < -0.3 is 19.1 Å². The molecule has 1 aliphatic heterocycles. The smallest absolute Gasteiger partial charge is 0.264 e. The summed E-state index contributed by atoms with van der Waals surface area (Å²) in [4.78, 5) is 14.5.